The van der Waals surface area contributed by atoms with E-state index in [1.807, 2.05) is 58.0 Å². The molecule has 3 atom stereocenters. The zero-order valence-electron chi connectivity index (χ0n) is 28.1. The molecule has 1 aromatic rings. The molecule has 0 spiro atoms. The van der Waals surface area contributed by atoms with E-state index >= 15 is 0 Å². The minimum atomic E-state index is -4.08. The van der Waals surface area contributed by atoms with Crippen LogP contribution >= 0.6 is 0 Å². The van der Waals surface area contributed by atoms with Crippen molar-refractivity contribution in [1.29, 1.82) is 0 Å². The molecule has 0 bridgehead atoms. The molecule has 0 aliphatic carbocycles. The van der Waals surface area contributed by atoms with Crippen LogP contribution in [0.1, 0.15) is 79.9 Å². The fourth-order valence-corrected chi connectivity index (χ4v) is 7.65. The Bertz CT molecular complexity index is 1410. The van der Waals surface area contributed by atoms with E-state index in [2.05, 4.69) is 15.3 Å². The maximum atomic E-state index is 13.9. The second kappa shape index (κ2) is 13.3. The molecular weight excluding hydrogens is 615 g/mol. The van der Waals surface area contributed by atoms with E-state index in [0.29, 0.717) is 19.2 Å². The van der Waals surface area contributed by atoms with E-state index in [0.717, 1.165) is 5.56 Å². The zero-order valence-corrected chi connectivity index (χ0v) is 28.9. The van der Waals surface area contributed by atoms with E-state index in [1.165, 1.54) is 8.61 Å². The number of hydrogen-bond donors (Lipinski definition) is 1. The SMILES string of the molecule is C[C@@H](OC(=O)[C@@]1(N=[N+]=[N-])CN(S(=O)(=O)N2CC(NC(=O)OC(C)(C)C)C2)C[C@H]1CCCB1OC(C)(C)C(C)(C)O1)c1ccccc1. The van der Waals surface area contributed by atoms with Gasteiger partial charge in [0.2, 0.25) is 0 Å². The molecule has 16 heteroatoms. The minimum absolute atomic E-state index is 0.0364. The molecule has 3 fully saturated rings. The Balaban J connectivity index is 1.51. The number of nitrogens with one attached hydrogen (secondary N) is 1. The molecule has 1 N–H and O–H groups in total. The summed E-state index contributed by atoms with van der Waals surface area (Å²) < 4.78 is 53.3. The summed E-state index contributed by atoms with van der Waals surface area (Å²) in [4.78, 5) is 29.1. The topological polar surface area (TPSA) is 172 Å². The van der Waals surface area contributed by atoms with Crippen LogP contribution in [0, 0.1) is 5.92 Å². The first-order valence-corrected chi connectivity index (χ1v) is 17.1. The Morgan fingerprint density at radius 3 is 2.28 bits per heavy atom. The summed E-state index contributed by atoms with van der Waals surface area (Å²) in [5, 5.41) is 6.66. The van der Waals surface area contributed by atoms with E-state index in [1.54, 1.807) is 27.7 Å². The second-order valence-electron chi connectivity index (χ2n) is 14.3. The molecule has 3 aliphatic rings. The largest absolute Gasteiger partial charge is 0.457 e. The molecule has 46 heavy (non-hydrogen) atoms. The maximum absolute atomic E-state index is 13.9. The van der Waals surface area contributed by atoms with Crippen molar-refractivity contribution in [3.05, 3.63) is 46.3 Å². The van der Waals surface area contributed by atoms with Gasteiger partial charge in [-0.2, -0.15) is 17.0 Å². The molecule has 0 saturated carbocycles. The van der Waals surface area contributed by atoms with Crippen LogP contribution in [0.4, 0.5) is 4.79 Å². The molecule has 0 radical (unpaired) electrons. The van der Waals surface area contributed by atoms with E-state index in [-0.39, 0.29) is 26.2 Å². The first kappa shape index (κ1) is 36.0. The van der Waals surface area contributed by atoms with E-state index in [4.69, 9.17) is 18.8 Å². The van der Waals surface area contributed by atoms with Crippen LogP contribution in [0.25, 0.3) is 10.4 Å². The average Bonchev–Trinajstić information content (AvgIpc) is 3.39. The standard InChI is InChI=1S/C30H47BN6O8S/c1-21(22-13-10-9-11-14-22)42-25(38)30(34-35-32)20-37(17-23(30)15-12-16-31-44-28(5,6)29(7,8)45-31)46(40,41)36-18-24(19-36)33-26(39)43-27(2,3)4/h9-11,13-14,21,23-24H,12,15-20H2,1-8H3,(H,33,39)/t21-,23-,30-/m1/s1. The van der Waals surface area contributed by atoms with Gasteiger partial charge < -0.3 is 24.1 Å². The number of carbonyl (C=O) groups is 2. The van der Waals surface area contributed by atoms with Crippen molar-refractivity contribution in [1.82, 2.24) is 13.9 Å². The fourth-order valence-electron chi connectivity index (χ4n) is 5.85. The van der Waals surface area contributed by atoms with Crippen molar-refractivity contribution in [2.24, 2.45) is 11.0 Å². The van der Waals surface area contributed by atoms with Crippen molar-refractivity contribution < 1.29 is 36.8 Å². The van der Waals surface area contributed by atoms with Gasteiger partial charge in [-0.05, 0) is 85.1 Å². The number of nitrogens with zero attached hydrogens (tertiary/aromatic N) is 5. The predicted octanol–water partition coefficient (Wildman–Crippen LogP) is 4.60. The first-order chi connectivity index (χ1) is 21.3. The maximum Gasteiger partial charge on any atom is 0.457 e. The van der Waals surface area contributed by atoms with Gasteiger partial charge in [0.1, 0.15) is 11.7 Å². The molecule has 1 aromatic carbocycles. The molecule has 3 saturated heterocycles. The fraction of sp³-hybridized carbons (Fsp3) is 0.733. The third-order valence-corrected chi connectivity index (χ3v) is 11.0. The highest BCUT2D eigenvalue weighted by Crippen LogP contribution is 2.42. The number of benzene rings is 1. The van der Waals surface area contributed by atoms with Crippen LogP contribution in [0.2, 0.25) is 6.32 Å². The Morgan fingerprint density at radius 1 is 1.11 bits per heavy atom. The third-order valence-electron chi connectivity index (χ3n) is 9.16. The van der Waals surface area contributed by atoms with Crippen molar-refractivity contribution >= 4 is 29.4 Å². The Kier molecular flexibility index (Phi) is 10.4. The van der Waals surface area contributed by atoms with Crippen LogP contribution < -0.4 is 5.32 Å². The average molecular weight is 663 g/mol. The number of azide groups is 1. The van der Waals surface area contributed by atoms with Crippen LogP contribution in [-0.4, -0.2) is 90.8 Å². The van der Waals surface area contributed by atoms with Crippen LogP contribution in [0.15, 0.2) is 35.4 Å². The first-order valence-electron chi connectivity index (χ1n) is 15.7. The van der Waals surface area contributed by atoms with Gasteiger partial charge >= 0.3 is 19.2 Å². The third kappa shape index (κ3) is 7.80. The summed E-state index contributed by atoms with van der Waals surface area (Å²) in [5.74, 6) is -1.46. The molecule has 0 aromatic heterocycles. The zero-order chi connectivity index (χ0) is 34.1. The lowest BCUT2D eigenvalue weighted by molar-refractivity contribution is -0.156. The second-order valence-corrected chi connectivity index (χ2v) is 16.3. The molecule has 1 amide bonds. The van der Waals surface area contributed by atoms with Gasteiger partial charge in [-0.25, -0.2) is 4.79 Å². The normalized spacial score (nSPS) is 25.7. The number of hydrogen-bond acceptors (Lipinski definition) is 9. The number of esters is 1. The predicted molar refractivity (Wildman–Crippen MR) is 172 cm³/mol. The summed E-state index contributed by atoms with van der Waals surface area (Å²) in [5.41, 5.74) is 6.91. The van der Waals surface area contributed by atoms with Gasteiger partial charge in [-0.15, -0.1) is 0 Å². The Hall–Kier alpha value is -2.88. The number of ether oxygens (including phenoxy) is 2. The molecule has 3 aliphatic heterocycles. The Labute approximate surface area is 272 Å². The van der Waals surface area contributed by atoms with Gasteiger partial charge in [0.05, 0.1) is 17.2 Å². The highest BCUT2D eigenvalue weighted by Gasteiger charge is 2.58. The lowest BCUT2D eigenvalue weighted by Crippen LogP contribution is -2.63. The van der Waals surface area contributed by atoms with E-state index in [9.17, 15) is 23.5 Å². The van der Waals surface area contributed by atoms with Gasteiger partial charge in [0, 0.05) is 31.1 Å². The minimum Gasteiger partial charge on any atom is -0.457 e. The Morgan fingerprint density at radius 2 is 1.72 bits per heavy atom. The molecule has 0 unspecified atom stereocenters. The number of carbonyl (C=O) groups excluding carboxylic acids is 2. The lowest BCUT2D eigenvalue weighted by Gasteiger charge is -2.40. The summed E-state index contributed by atoms with van der Waals surface area (Å²) in [6.45, 7) is 14.4. The number of rotatable bonds is 11. The smallest absolute Gasteiger partial charge is 0.457 e. The monoisotopic (exact) mass is 662 g/mol. The summed E-state index contributed by atoms with van der Waals surface area (Å²) in [7, 11) is -4.55. The summed E-state index contributed by atoms with van der Waals surface area (Å²) in [6, 6.07) is 8.70. The van der Waals surface area contributed by atoms with Crippen molar-refractivity contribution in [3.63, 3.8) is 0 Å². The quantitative estimate of drug-likeness (QED) is 0.118. The van der Waals surface area contributed by atoms with Gasteiger partial charge in [-0.1, -0.05) is 41.9 Å². The highest BCUT2D eigenvalue weighted by atomic mass is 32.2. The molecule has 3 heterocycles. The van der Waals surface area contributed by atoms with Gasteiger partial charge in [0.25, 0.3) is 10.2 Å². The summed E-state index contributed by atoms with van der Waals surface area (Å²) in [6.07, 6.45) is 0.0843. The molecule has 14 nitrogen and oxygen atoms in total. The molecule has 4 rings (SSSR count). The van der Waals surface area contributed by atoms with E-state index < -0.39 is 69.8 Å². The van der Waals surface area contributed by atoms with Gasteiger partial charge in [0.15, 0.2) is 5.54 Å². The molecule has 254 valence electrons. The number of alkyl carbamates (subject to hydrolysis) is 1. The van der Waals surface area contributed by atoms with Crippen molar-refractivity contribution in [2.75, 3.05) is 26.2 Å². The summed E-state index contributed by atoms with van der Waals surface area (Å²) >= 11 is 0. The van der Waals surface area contributed by atoms with Crippen molar-refractivity contribution in [2.45, 2.75) is 109 Å². The number of amides is 1. The van der Waals surface area contributed by atoms with Crippen LogP contribution in [0.3, 0.4) is 0 Å². The molecular formula is C30H47BN6O8S. The van der Waals surface area contributed by atoms with Gasteiger partial charge in [-0.3, -0.25) is 4.79 Å². The lowest BCUT2D eigenvalue weighted by atomic mass is 9.78. The van der Waals surface area contributed by atoms with Crippen molar-refractivity contribution in [3.8, 4) is 0 Å². The van der Waals surface area contributed by atoms with Crippen LogP contribution in [-0.2, 0) is 33.8 Å². The van der Waals surface area contributed by atoms with Crippen LogP contribution in [0.5, 0.6) is 0 Å². The highest BCUT2D eigenvalue weighted by molar-refractivity contribution is 7.86.